The lowest BCUT2D eigenvalue weighted by Crippen LogP contribution is -2.28. The van der Waals surface area contributed by atoms with E-state index in [-0.39, 0.29) is 0 Å². The van der Waals surface area contributed by atoms with Gasteiger partial charge in [0, 0.05) is 13.8 Å². The molecule has 1 fully saturated rings. The van der Waals surface area contributed by atoms with Gasteiger partial charge in [-0.15, -0.1) is 0 Å². The van der Waals surface area contributed by atoms with Crippen LogP contribution in [0.15, 0.2) is 0 Å². The second kappa shape index (κ2) is 2.20. The molecule has 1 rings (SSSR count). The van der Waals surface area contributed by atoms with Crippen molar-refractivity contribution < 1.29 is 24.2 Å². The van der Waals surface area contributed by atoms with Crippen LogP contribution in [0.2, 0.25) is 0 Å². The molecule has 0 saturated carbocycles. The summed E-state index contributed by atoms with van der Waals surface area (Å²) in [6.07, 6.45) is -1.47. The molecule has 1 heterocycles. The summed E-state index contributed by atoms with van der Waals surface area (Å²) in [6, 6.07) is 0. The number of ether oxygens (including phenoxy) is 2. The number of rotatable bonds is 1. The van der Waals surface area contributed by atoms with E-state index in [4.69, 9.17) is 9.84 Å². The predicted molar refractivity (Wildman–Crippen MR) is 32.7 cm³/mol. The van der Waals surface area contributed by atoms with Crippen molar-refractivity contribution in [3.05, 3.63) is 0 Å². The number of carbonyl (C=O) groups excluding carboxylic acids is 1. The quantitative estimate of drug-likeness (QED) is 0.423. The minimum atomic E-state index is -1.47. The van der Waals surface area contributed by atoms with Gasteiger partial charge in [0.2, 0.25) is 5.79 Å². The number of carboxylic acids is 1. The first-order chi connectivity index (χ1) is 4.92. The van der Waals surface area contributed by atoms with Crippen molar-refractivity contribution in [2.45, 2.75) is 25.7 Å². The van der Waals surface area contributed by atoms with Gasteiger partial charge in [0.15, 0.2) is 0 Å². The Balaban J connectivity index is 2.74. The van der Waals surface area contributed by atoms with E-state index >= 15 is 0 Å². The first kappa shape index (κ1) is 8.00. The fourth-order valence-corrected chi connectivity index (χ4v) is 0.803. The molecule has 0 amide bonds. The van der Waals surface area contributed by atoms with E-state index in [1.165, 1.54) is 13.8 Å². The van der Waals surface area contributed by atoms with Gasteiger partial charge in [-0.1, -0.05) is 0 Å². The van der Waals surface area contributed by atoms with Gasteiger partial charge >= 0.3 is 11.9 Å². The van der Waals surface area contributed by atoms with Crippen LogP contribution in [-0.4, -0.2) is 28.9 Å². The Morgan fingerprint density at radius 2 is 2.18 bits per heavy atom. The van der Waals surface area contributed by atoms with E-state index in [2.05, 4.69) is 4.74 Å². The molecular weight excluding hydrogens is 152 g/mol. The van der Waals surface area contributed by atoms with Crippen LogP contribution >= 0.6 is 0 Å². The van der Waals surface area contributed by atoms with E-state index in [9.17, 15) is 9.59 Å². The highest BCUT2D eigenvalue weighted by Crippen LogP contribution is 2.23. The zero-order valence-corrected chi connectivity index (χ0v) is 6.16. The summed E-state index contributed by atoms with van der Waals surface area (Å²) in [5, 5.41) is 8.39. The number of cyclic esters (lactones) is 1. The minimum absolute atomic E-state index is 0.845. The Morgan fingerprint density at radius 1 is 1.64 bits per heavy atom. The van der Waals surface area contributed by atoms with Gasteiger partial charge in [-0.3, -0.25) is 0 Å². The van der Waals surface area contributed by atoms with Gasteiger partial charge in [0.25, 0.3) is 6.10 Å². The molecule has 62 valence electrons. The van der Waals surface area contributed by atoms with E-state index in [1.807, 2.05) is 0 Å². The third-order valence-electron chi connectivity index (χ3n) is 1.19. The van der Waals surface area contributed by atoms with Gasteiger partial charge in [0.05, 0.1) is 0 Å². The number of aliphatic carboxylic acids is 1. The van der Waals surface area contributed by atoms with Crippen molar-refractivity contribution in [1.29, 1.82) is 0 Å². The minimum Gasteiger partial charge on any atom is -0.479 e. The average Bonchev–Trinajstić information content (AvgIpc) is 2.05. The molecule has 11 heavy (non-hydrogen) atoms. The normalized spacial score (nSPS) is 28.2. The maximum Gasteiger partial charge on any atom is 0.349 e. The molecule has 0 unspecified atom stereocenters. The summed E-state index contributed by atoms with van der Waals surface area (Å²) in [7, 11) is 0. The predicted octanol–water partition coefficient (Wildman–Crippen LogP) is -0.251. The molecule has 0 aliphatic carbocycles. The number of esters is 1. The average molecular weight is 160 g/mol. The fourth-order valence-electron chi connectivity index (χ4n) is 0.803. The van der Waals surface area contributed by atoms with E-state index in [0.717, 1.165) is 0 Å². The fraction of sp³-hybridized carbons (Fsp3) is 0.667. The molecule has 0 bridgehead atoms. The molecule has 5 heteroatoms. The molecule has 0 aromatic heterocycles. The molecule has 1 N–H and O–H groups in total. The third kappa shape index (κ3) is 1.48. The number of hydrogen-bond acceptors (Lipinski definition) is 4. The molecule has 1 saturated heterocycles. The molecule has 5 nitrogen and oxygen atoms in total. The van der Waals surface area contributed by atoms with E-state index < -0.39 is 23.8 Å². The van der Waals surface area contributed by atoms with Crippen LogP contribution in [0, 0.1) is 0 Å². The Morgan fingerprint density at radius 3 is 2.36 bits per heavy atom. The second-order valence-electron chi connectivity index (χ2n) is 2.66. The molecule has 0 aromatic carbocycles. The summed E-state index contributed by atoms with van der Waals surface area (Å²) >= 11 is 0. The number of hydrogen-bond donors (Lipinski definition) is 1. The van der Waals surface area contributed by atoms with Crippen molar-refractivity contribution in [3.8, 4) is 0 Å². The van der Waals surface area contributed by atoms with Crippen LogP contribution in [-0.2, 0) is 19.1 Å². The largest absolute Gasteiger partial charge is 0.479 e. The van der Waals surface area contributed by atoms with Crippen molar-refractivity contribution in [1.82, 2.24) is 0 Å². The summed E-state index contributed by atoms with van der Waals surface area (Å²) in [6.45, 7) is 2.96. The van der Waals surface area contributed by atoms with Gasteiger partial charge in [-0.2, -0.15) is 0 Å². The Kier molecular flexibility index (Phi) is 1.60. The second-order valence-corrected chi connectivity index (χ2v) is 2.66. The molecule has 1 aliphatic heterocycles. The maximum absolute atomic E-state index is 10.7. The topological polar surface area (TPSA) is 72.8 Å². The molecule has 1 aliphatic rings. The molecule has 0 aromatic rings. The lowest BCUT2D eigenvalue weighted by molar-refractivity contribution is -0.167. The van der Waals surface area contributed by atoms with E-state index in [0.29, 0.717) is 0 Å². The van der Waals surface area contributed by atoms with Crippen LogP contribution in [0.1, 0.15) is 13.8 Å². The van der Waals surface area contributed by atoms with Crippen LogP contribution in [0.5, 0.6) is 0 Å². The summed E-state index contributed by atoms with van der Waals surface area (Å²) in [4.78, 5) is 21.0. The van der Waals surface area contributed by atoms with Crippen molar-refractivity contribution >= 4 is 11.9 Å². The molecule has 0 spiro atoms. The highest BCUT2D eigenvalue weighted by Gasteiger charge is 2.45. The van der Waals surface area contributed by atoms with E-state index in [1.54, 1.807) is 0 Å². The monoisotopic (exact) mass is 160 g/mol. The van der Waals surface area contributed by atoms with Gasteiger partial charge < -0.3 is 14.6 Å². The number of carboxylic acid groups (broad SMARTS) is 1. The Bertz CT molecular complexity index is 207. The summed E-state index contributed by atoms with van der Waals surface area (Å²) in [5.41, 5.74) is 0. The maximum atomic E-state index is 10.7. The number of carbonyl (C=O) groups is 2. The SMILES string of the molecule is CC1(C)OC(=O)[C@@H](C(=O)O)O1. The van der Waals surface area contributed by atoms with Gasteiger partial charge in [-0.25, -0.2) is 9.59 Å². The zero-order chi connectivity index (χ0) is 8.65. The third-order valence-corrected chi connectivity index (χ3v) is 1.19. The molecular formula is C6H8O5. The lowest BCUT2D eigenvalue weighted by Gasteiger charge is -2.13. The van der Waals surface area contributed by atoms with Crippen molar-refractivity contribution in [3.63, 3.8) is 0 Å². The van der Waals surface area contributed by atoms with Crippen LogP contribution in [0.3, 0.4) is 0 Å². The van der Waals surface area contributed by atoms with Crippen LogP contribution in [0.25, 0.3) is 0 Å². The van der Waals surface area contributed by atoms with Crippen molar-refractivity contribution in [2.24, 2.45) is 0 Å². The van der Waals surface area contributed by atoms with Gasteiger partial charge in [0.1, 0.15) is 0 Å². The first-order valence-electron chi connectivity index (χ1n) is 3.06. The van der Waals surface area contributed by atoms with Crippen molar-refractivity contribution in [2.75, 3.05) is 0 Å². The smallest absolute Gasteiger partial charge is 0.349 e. The molecule has 1 atom stereocenters. The Labute approximate surface area is 62.9 Å². The lowest BCUT2D eigenvalue weighted by atomic mass is 10.4. The summed E-state index contributed by atoms with van der Waals surface area (Å²) < 4.78 is 9.33. The Hall–Kier alpha value is -1.10. The first-order valence-corrected chi connectivity index (χ1v) is 3.06. The summed E-state index contributed by atoms with van der Waals surface area (Å²) in [5.74, 6) is -3.27. The highest BCUT2D eigenvalue weighted by molar-refractivity contribution is 5.98. The van der Waals surface area contributed by atoms with Gasteiger partial charge in [-0.05, 0) is 0 Å². The van der Waals surface area contributed by atoms with Crippen LogP contribution in [0.4, 0.5) is 0 Å². The highest BCUT2D eigenvalue weighted by atomic mass is 16.8. The zero-order valence-electron chi connectivity index (χ0n) is 6.16. The molecule has 0 radical (unpaired) electrons. The van der Waals surface area contributed by atoms with Crippen LogP contribution < -0.4 is 0 Å². The standard InChI is InChI=1S/C6H8O5/c1-6(2)10-3(4(7)8)5(9)11-6/h3H,1-2H3,(H,7,8)/t3-/m1/s1.